The molecule has 10 heavy (non-hydrogen) atoms. The van der Waals surface area contributed by atoms with Crippen LogP contribution in [-0.4, -0.2) is 0 Å². The van der Waals surface area contributed by atoms with Crippen LogP contribution in [0.1, 0.15) is 23.6 Å². The molecule has 0 fully saturated rings. The molecule has 0 atom stereocenters. The first-order chi connectivity index (χ1) is 4.74. The zero-order chi connectivity index (χ0) is 7.56. The Morgan fingerprint density at radius 2 is 2.10 bits per heavy atom. The molecular weight excluding hydrogens is 120 g/mol. The van der Waals surface area contributed by atoms with Crippen LogP contribution in [0.25, 0.3) is 0 Å². The van der Waals surface area contributed by atoms with Crippen LogP contribution in [-0.2, 0) is 6.42 Å². The normalized spacial score (nSPS) is 9.90. The summed E-state index contributed by atoms with van der Waals surface area (Å²) in [6, 6.07) is 7.51. The summed E-state index contributed by atoms with van der Waals surface area (Å²) in [6.45, 7) is 6.40. The van der Waals surface area contributed by atoms with E-state index >= 15 is 0 Å². The quantitative estimate of drug-likeness (QED) is 0.552. The van der Waals surface area contributed by atoms with Gasteiger partial charge in [-0.25, -0.2) is 0 Å². The summed E-state index contributed by atoms with van der Waals surface area (Å²) in [7, 11) is 0. The van der Waals surface area contributed by atoms with Gasteiger partial charge in [0.1, 0.15) is 0 Å². The van der Waals surface area contributed by atoms with Crippen molar-refractivity contribution in [2.75, 3.05) is 0 Å². The highest BCUT2D eigenvalue weighted by Crippen LogP contribution is 2.09. The third-order valence-corrected chi connectivity index (χ3v) is 1.75. The maximum absolute atomic E-state index is 3.25. The molecule has 0 aliphatic heterocycles. The summed E-state index contributed by atoms with van der Waals surface area (Å²) in [5.41, 5.74) is 4.00. The van der Waals surface area contributed by atoms with Gasteiger partial charge in [-0.05, 0) is 37.5 Å². The zero-order valence-corrected chi connectivity index (χ0v) is 6.86. The molecule has 0 saturated carbocycles. The van der Waals surface area contributed by atoms with Crippen LogP contribution in [0.3, 0.4) is 0 Å². The predicted molar refractivity (Wildman–Crippen MR) is 44.1 cm³/mol. The van der Waals surface area contributed by atoms with Crippen molar-refractivity contribution in [2.45, 2.75) is 27.2 Å². The summed E-state index contributed by atoms with van der Waals surface area (Å²) < 4.78 is 0. The van der Waals surface area contributed by atoms with Gasteiger partial charge in [-0.2, -0.15) is 0 Å². The van der Waals surface area contributed by atoms with E-state index < -0.39 is 0 Å². The van der Waals surface area contributed by atoms with Crippen LogP contribution in [0.4, 0.5) is 0 Å². The predicted octanol–water partition coefficient (Wildman–Crippen LogP) is 2.67. The summed E-state index contributed by atoms with van der Waals surface area (Å²) in [5, 5.41) is 0. The van der Waals surface area contributed by atoms with Crippen LogP contribution < -0.4 is 0 Å². The van der Waals surface area contributed by atoms with E-state index in [2.05, 4.69) is 32.9 Å². The molecular formula is C10H13. The molecule has 0 amide bonds. The van der Waals surface area contributed by atoms with Crippen LogP contribution in [0.2, 0.25) is 0 Å². The van der Waals surface area contributed by atoms with Gasteiger partial charge < -0.3 is 0 Å². The Labute approximate surface area is 62.9 Å². The average Bonchev–Trinajstić information content (AvgIpc) is 1.88. The molecule has 0 aromatic heterocycles. The van der Waals surface area contributed by atoms with E-state index in [0.29, 0.717) is 0 Å². The second kappa shape index (κ2) is 2.87. The van der Waals surface area contributed by atoms with Gasteiger partial charge in [0.15, 0.2) is 0 Å². The largest absolute Gasteiger partial charge is 0.0613 e. The maximum atomic E-state index is 3.25. The molecule has 0 nitrogen and oxygen atoms in total. The number of aryl methyl sites for hydroxylation is 3. The van der Waals surface area contributed by atoms with Gasteiger partial charge in [0.25, 0.3) is 0 Å². The van der Waals surface area contributed by atoms with Crippen molar-refractivity contribution in [3.05, 3.63) is 34.9 Å². The van der Waals surface area contributed by atoms with Crippen LogP contribution in [0, 0.1) is 19.9 Å². The van der Waals surface area contributed by atoms with Gasteiger partial charge in [-0.15, -0.1) is 0 Å². The SMILES string of the molecule is CCc1[c]cc(C)cc1C. The van der Waals surface area contributed by atoms with Crippen molar-refractivity contribution >= 4 is 0 Å². The Bertz CT molecular complexity index is 223. The number of benzene rings is 1. The minimum absolute atomic E-state index is 1.09. The van der Waals surface area contributed by atoms with E-state index in [4.69, 9.17) is 0 Å². The lowest BCUT2D eigenvalue weighted by molar-refractivity contribution is 1.10. The highest BCUT2D eigenvalue weighted by Gasteiger charge is 1.93. The highest BCUT2D eigenvalue weighted by atomic mass is 14.0. The summed E-state index contributed by atoms with van der Waals surface area (Å²) in [5.74, 6) is 0. The van der Waals surface area contributed by atoms with Crippen molar-refractivity contribution in [1.29, 1.82) is 0 Å². The Morgan fingerprint density at radius 1 is 1.40 bits per heavy atom. The second-order valence-corrected chi connectivity index (χ2v) is 2.69. The van der Waals surface area contributed by atoms with Crippen molar-refractivity contribution < 1.29 is 0 Å². The van der Waals surface area contributed by atoms with E-state index in [1.54, 1.807) is 0 Å². The molecule has 0 heterocycles. The van der Waals surface area contributed by atoms with Crippen molar-refractivity contribution in [3.63, 3.8) is 0 Å². The van der Waals surface area contributed by atoms with Gasteiger partial charge in [0, 0.05) is 0 Å². The van der Waals surface area contributed by atoms with Gasteiger partial charge in [0.2, 0.25) is 0 Å². The van der Waals surface area contributed by atoms with Crippen LogP contribution in [0.15, 0.2) is 12.1 Å². The molecule has 0 heteroatoms. The molecule has 0 aliphatic carbocycles. The minimum atomic E-state index is 1.09. The number of hydrogen-bond donors (Lipinski definition) is 0. The second-order valence-electron chi connectivity index (χ2n) is 2.69. The first kappa shape index (κ1) is 7.33. The lowest BCUT2D eigenvalue weighted by Gasteiger charge is -2.01. The van der Waals surface area contributed by atoms with Crippen LogP contribution >= 0.6 is 0 Å². The lowest BCUT2D eigenvalue weighted by atomic mass is 10.0. The van der Waals surface area contributed by atoms with Crippen molar-refractivity contribution in [3.8, 4) is 0 Å². The molecule has 1 radical (unpaired) electrons. The Hall–Kier alpha value is -0.780. The standard InChI is InChI=1S/C10H13/c1-4-10-6-5-8(2)7-9(10)3/h5,7H,4H2,1-3H3. The van der Waals surface area contributed by atoms with Gasteiger partial charge in [-0.3, -0.25) is 0 Å². The molecule has 0 spiro atoms. The summed E-state index contributed by atoms with van der Waals surface area (Å²) >= 11 is 0. The number of hydrogen-bond acceptors (Lipinski definition) is 0. The van der Waals surface area contributed by atoms with Gasteiger partial charge in [0.05, 0.1) is 0 Å². The minimum Gasteiger partial charge on any atom is -0.0613 e. The highest BCUT2D eigenvalue weighted by molar-refractivity contribution is 5.28. The topological polar surface area (TPSA) is 0 Å². The monoisotopic (exact) mass is 133 g/mol. The van der Waals surface area contributed by atoms with Crippen molar-refractivity contribution in [1.82, 2.24) is 0 Å². The molecule has 53 valence electrons. The molecule has 0 N–H and O–H groups in total. The third kappa shape index (κ3) is 1.38. The molecule has 1 aromatic rings. The zero-order valence-electron chi connectivity index (χ0n) is 6.86. The molecule has 0 bridgehead atoms. The van der Waals surface area contributed by atoms with Gasteiger partial charge >= 0.3 is 0 Å². The summed E-state index contributed by atoms with van der Waals surface area (Å²) in [4.78, 5) is 0. The molecule has 0 saturated heterocycles. The smallest absolute Gasteiger partial charge is 0.0144 e. The maximum Gasteiger partial charge on any atom is -0.0144 e. The third-order valence-electron chi connectivity index (χ3n) is 1.75. The van der Waals surface area contributed by atoms with Crippen molar-refractivity contribution in [2.24, 2.45) is 0 Å². The first-order valence-electron chi connectivity index (χ1n) is 3.72. The Morgan fingerprint density at radius 3 is 2.60 bits per heavy atom. The Balaban J connectivity index is 3.07. The van der Waals surface area contributed by atoms with E-state index in [-0.39, 0.29) is 0 Å². The molecule has 1 rings (SSSR count). The Kier molecular flexibility index (Phi) is 2.10. The van der Waals surface area contributed by atoms with E-state index in [9.17, 15) is 0 Å². The fourth-order valence-electron chi connectivity index (χ4n) is 1.17. The van der Waals surface area contributed by atoms with E-state index in [1.165, 1.54) is 16.7 Å². The molecule has 0 unspecified atom stereocenters. The summed E-state index contributed by atoms with van der Waals surface area (Å²) in [6.07, 6.45) is 1.09. The van der Waals surface area contributed by atoms with E-state index in [0.717, 1.165) is 6.42 Å². The van der Waals surface area contributed by atoms with Crippen LogP contribution in [0.5, 0.6) is 0 Å². The first-order valence-corrected chi connectivity index (χ1v) is 3.72. The lowest BCUT2D eigenvalue weighted by Crippen LogP contribution is -1.86. The fourth-order valence-corrected chi connectivity index (χ4v) is 1.17. The number of rotatable bonds is 1. The fraction of sp³-hybridized carbons (Fsp3) is 0.400. The van der Waals surface area contributed by atoms with Gasteiger partial charge in [-0.1, -0.05) is 24.6 Å². The van der Waals surface area contributed by atoms with E-state index in [1.807, 2.05) is 6.07 Å². The molecule has 1 aromatic carbocycles. The molecule has 0 aliphatic rings. The average molecular weight is 133 g/mol.